The molecule has 0 aliphatic carbocycles. The van der Waals surface area contributed by atoms with Gasteiger partial charge in [-0.15, -0.1) is 0 Å². The molecule has 11 nitrogen and oxygen atoms in total. The van der Waals surface area contributed by atoms with Crippen molar-refractivity contribution in [3.05, 3.63) is 59.5 Å². The first-order valence-electron chi connectivity index (χ1n) is 13.2. The molecule has 0 saturated carbocycles. The third kappa shape index (κ3) is 6.31. The number of nitrogens with one attached hydrogen (secondary N) is 2. The topological polar surface area (TPSA) is 120 Å². The molecule has 1 amide bonds. The third-order valence-electron chi connectivity index (χ3n) is 7.04. The van der Waals surface area contributed by atoms with Crippen molar-refractivity contribution in [2.45, 2.75) is 26.4 Å². The fourth-order valence-corrected chi connectivity index (χ4v) is 5.65. The number of carbonyl (C=O) groups excluding carboxylic acids is 1. The number of halogens is 2. The lowest BCUT2D eigenvalue weighted by Gasteiger charge is -2.60. The van der Waals surface area contributed by atoms with E-state index in [1.807, 2.05) is 25.7 Å². The summed E-state index contributed by atoms with van der Waals surface area (Å²) in [6.07, 6.45) is 2.19. The lowest BCUT2D eigenvalue weighted by Crippen LogP contribution is -2.73. The van der Waals surface area contributed by atoms with Crippen LogP contribution in [-0.4, -0.2) is 74.5 Å². The number of aromatic nitrogens is 2. The van der Waals surface area contributed by atoms with Crippen molar-refractivity contribution in [2.75, 3.05) is 59.3 Å². The monoisotopic (exact) mass is 617 g/mol. The Bertz CT molecular complexity index is 1620. The molecule has 2 N–H and O–H groups in total. The van der Waals surface area contributed by atoms with Gasteiger partial charge in [0.05, 0.1) is 29.5 Å². The standard InChI is InChI=1S/C28H33ClFN7O4S/c1-27(2,3)41-26(38)37-16-28(17-37)14-36(15-28)22-11-10-18(12-20(22)30)32-25-31-13-19(29)24(34-25)33-21-8-6-7-9-23(21)35(4)42(5,39)40/h6-13H,14-17H2,1-5H3,(H2,31,32,33,34). The molecule has 2 aliphatic heterocycles. The van der Waals surface area contributed by atoms with Crippen molar-refractivity contribution in [1.29, 1.82) is 0 Å². The number of benzene rings is 2. The Kier molecular flexibility index (Phi) is 7.60. The molecule has 0 unspecified atom stereocenters. The van der Waals surface area contributed by atoms with Gasteiger partial charge < -0.3 is 25.2 Å². The first-order chi connectivity index (χ1) is 19.6. The molecule has 0 radical (unpaired) electrons. The first kappa shape index (κ1) is 29.6. The predicted molar refractivity (Wildman–Crippen MR) is 162 cm³/mol. The molecule has 2 aromatic carbocycles. The van der Waals surface area contributed by atoms with Crippen LogP contribution in [0.25, 0.3) is 0 Å². The molecule has 3 aromatic rings. The van der Waals surface area contributed by atoms with E-state index in [0.29, 0.717) is 48.9 Å². The molecule has 2 aliphatic rings. The Labute approximate surface area is 249 Å². The summed E-state index contributed by atoms with van der Waals surface area (Å²) in [6, 6.07) is 11.6. The molecule has 2 saturated heterocycles. The Morgan fingerprint density at radius 2 is 1.81 bits per heavy atom. The Balaban J connectivity index is 1.23. The molecule has 5 rings (SSSR count). The second-order valence-electron chi connectivity index (χ2n) is 11.7. The second kappa shape index (κ2) is 10.8. The van der Waals surface area contributed by atoms with Gasteiger partial charge in [-0.2, -0.15) is 4.98 Å². The van der Waals surface area contributed by atoms with E-state index in [9.17, 15) is 13.2 Å². The number of ether oxygens (including phenoxy) is 1. The zero-order chi connectivity index (χ0) is 30.4. The predicted octanol–water partition coefficient (Wildman–Crippen LogP) is 5.21. The van der Waals surface area contributed by atoms with Gasteiger partial charge in [-0.25, -0.2) is 22.6 Å². The molecule has 2 fully saturated rings. The van der Waals surface area contributed by atoms with Crippen molar-refractivity contribution in [2.24, 2.45) is 5.41 Å². The van der Waals surface area contributed by atoms with Gasteiger partial charge in [-0.1, -0.05) is 23.7 Å². The number of para-hydroxylation sites is 2. The van der Waals surface area contributed by atoms with Gasteiger partial charge in [0.15, 0.2) is 5.82 Å². The molecule has 1 aromatic heterocycles. The summed E-state index contributed by atoms with van der Waals surface area (Å²) in [5.41, 5.74) is 1.23. The van der Waals surface area contributed by atoms with Crippen molar-refractivity contribution in [1.82, 2.24) is 14.9 Å². The maximum absolute atomic E-state index is 15.1. The van der Waals surface area contributed by atoms with Crippen LogP contribution in [0.2, 0.25) is 5.02 Å². The fourth-order valence-electron chi connectivity index (χ4n) is 5.00. The van der Waals surface area contributed by atoms with E-state index in [4.69, 9.17) is 16.3 Å². The molecule has 42 heavy (non-hydrogen) atoms. The quantitative estimate of drug-likeness (QED) is 0.368. The Morgan fingerprint density at radius 3 is 2.45 bits per heavy atom. The van der Waals surface area contributed by atoms with E-state index >= 15 is 4.39 Å². The number of hydrogen-bond donors (Lipinski definition) is 2. The number of anilines is 6. The zero-order valence-electron chi connectivity index (χ0n) is 24.0. The van der Waals surface area contributed by atoms with Crippen LogP contribution in [-0.2, 0) is 14.8 Å². The van der Waals surface area contributed by atoms with Crippen LogP contribution in [0.15, 0.2) is 48.7 Å². The highest BCUT2D eigenvalue weighted by Gasteiger charge is 2.54. The molecule has 3 heterocycles. The highest BCUT2D eigenvalue weighted by molar-refractivity contribution is 7.92. The maximum atomic E-state index is 15.1. The summed E-state index contributed by atoms with van der Waals surface area (Å²) in [5.74, 6) is 0.0123. The van der Waals surface area contributed by atoms with Crippen LogP contribution in [0.5, 0.6) is 0 Å². The lowest BCUT2D eigenvalue weighted by atomic mass is 9.73. The van der Waals surface area contributed by atoms with Crippen LogP contribution in [0.1, 0.15) is 20.8 Å². The Morgan fingerprint density at radius 1 is 1.12 bits per heavy atom. The normalized spacial score (nSPS) is 16.0. The van der Waals surface area contributed by atoms with Crippen molar-refractivity contribution >= 4 is 62.2 Å². The van der Waals surface area contributed by atoms with Gasteiger partial charge in [0.1, 0.15) is 16.4 Å². The molecule has 14 heteroatoms. The van der Waals surface area contributed by atoms with Crippen LogP contribution >= 0.6 is 11.6 Å². The molecule has 1 spiro atoms. The highest BCUT2D eigenvalue weighted by atomic mass is 35.5. The minimum absolute atomic E-state index is 0.0322. The highest BCUT2D eigenvalue weighted by Crippen LogP contribution is 2.43. The van der Waals surface area contributed by atoms with E-state index in [-0.39, 0.29) is 28.3 Å². The van der Waals surface area contributed by atoms with Crippen LogP contribution < -0.4 is 19.8 Å². The van der Waals surface area contributed by atoms with Crippen molar-refractivity contribution in [3.8, 4) is 0 Å². The largest absolute Gasteiger partial charge is 0.444 e. The van der Waals surface area contributed by atoms with Gasteiger partial charge in [-0.05, 0) is 51.1 Å². The molecule has 0 atom stereocenters. The number of likely N-dealkylation sites (tertiary alicyclic amines) is 1. The summed E-state index contributed by atoms with van der Waals surface area (Å²) in [6.45, 7) is 8.01. The van der Waals surface area contributed by atoms with Gasteiger partial charge in [-0.3, -0.25) is 4.31 Å². The van der Waals surface area contributed by atoms with Crippen LogP contribution in [0, 0.1) is 11.2 Å². The number of carbonyl (C=O) groups is 1. The molecule has 224 valence electrons. The number of amides is 1. The summed E-state index contributed by atoms with van der Waals surface area (Å²) >= 11 is 6.33. The van der Waals surface area contributed by atoms with Gasteiger partial charge in [0, 0.05) is 44.3 Å². The molecular weight excluding hydrogens is 585 g/mol. The summed E-state index contributed by atoms with van der Waals surface area (Å²) in [5, 5.41) is 6.28. The fraction of sp³-hybridized carbons (Fsp3) is 0.393. The number of sulfonamides is 1. The summed E-state index contributed by atoms with van der Waals surface area (Å²) < 4.78 is 45.9. The van der Waals surface area contributed by atoms with E-state index in [0.717, 1.165) is 10.6 Å². The first-order valence-corrected chi connectivity index (χ1v) is 15.5. The van der Waals surface area contributed by atoms with Crippen molar-refractivity contribution < 1.29 is 22.3 Å². The van der Waals surface area contributed by atoms with Crippen LogP contribution in [0.4, 0.5) is 43.7 Å². The number of nitrogens with zero attached hydrogens (tertiary/aromatic N) is 5. The zero-order valence-corrected chi connectivity index (χ0v) is 25.6. The SMILES string of the molecule is CN(c1ccccc1Nc1nc(Nc2ccc(N3CC4(CN(C(=O)OC(C)(C)C)C4)C3)c(F)c2)ncc1Cl)S(C)(=O)=O. The van der Waals surface area contributed by atoms with Gasteiger partial charge in [0.2, 0.25) is 16.0 Å². The van der Waals surface area contributed by atoms with Crippen molar-refractivity contribution in [3.63, 3.8) is 0 Å². The van der Waals surface area contributed by atoms with Crippen LogP contribution in [0.3, 0.4) is 0 Å². The van der Waals surface area contributed by atoms with E-state index in [1.54, 1.807) is 41.3 Å². The van der Waals surface area contributed by atoms with Gasteiger partial charge in [0.25, 0.3) is 0 Å². The smallest absolute Gasteiger partial charge is 0.410 e. The minimum Gasteiger partial charge on any atom is -0.444 e. The average Bonchev–Trinajstić information content (AvgIpc) is 2.83. The minimum atomic E-state index is -3.50. The summed E-state index contributed by atoms with van der Waals surface area (Å²) in [4.78, 5) is 24.5. The molecular formula is C28H33ClFN7O4S. The van der Waals surface area contributed by atoms with E-state index < -0.39 is 21.4 Å². The lowest BCUT2D eigenvalue weighted by molar-refractivity contribution is -0.0454. The van der Waals surface area contributed by atoms with E-state index in [2.05, 4.69) is 20.6 Å². The Hall–Kier alpha value is -3.84. The average molecular weight is 618 g/mol. The van der Waals surface area contributed by atoms with Gasteiger partial charge >= 0.3 is 6.09 Å². The second-order valence-corrected chi connectivity index (χ2v) is 14.2. The number of rotatable bonds is 7. The van der Waals surface area contributed by atoms with E-state index in [1.165, 1.54) is 19.3 Å². The third-order valence-corrected chi connectivity index (χ3v) is 8.51. The summed E-state index contributed by atoms with van der Waals surface area (Å²) in [7, 11) is -2.05. The maximum Gasteiger partial charge on any atom is 0.410 e. The molecule has 0 bridgehead atoms. The number of hydrogen-bond acceptors (Lipinski definition) is 9.